The van der Waals surface area contributed by atoms with Crippen LogP contribution >= 0.6 is 0 Å². The van der Waals surface area contributed by atoms with Crippen LogP contribution < -0.4 is 10.1 Å². The van der Waals surface area contributed by atoms with Crippen molar-refractivity contribution >= 4 is 5.82 Å². The summed E-state index contributed by atoms with van der Waals surface area (Å²) in [6.07, 6.45) is 0.982. The molecule has 0 fully saturated rings. The fourth-order valence-corrected chi connectivity index (χ4v) is 2.87. The molecule has 4 nitrogen and oxygen atoms in total. The van der Waals surface area contributed by atoms with Crippen molar-refractivity contribution in [3.8, 4) is 11.8 Å². The van der Waals surface area contributed by atoms with E-state index in [1.165, 1.54) is 5.56 Å². The lowest BCUT2D eigenvalue weighted by Gasteiger charge is -2.25. The number of rotatable bonds is 3. The van der Waals surface area contributed by atoms with Crippen LogP contribution in [0.5, 0.6) is 5.75 Å². The smallest absolute Gasteiger partial charge is 0.144 e. The van der Waals surface area contributed by atoms with Crippen molar-refractivity contribution in [3.63, 3.8) is 0 Å². The van der Waals surface area contributed by atoms with Crippen molar-refractivity contribution in [2.75, 3.05) is 18.5 Å². The molecular formula is C18H19N3O. The van der Waals surface area contributed by atoms with Gasteiger partial charge in [0.2, 0.25) is 0 Å². The van der Waals surface area contributed by atoms with E-state index in [-0.39, 0.29) is 0 Å². The Morgan fingerprint density at radius 1 is 1.36 bits per heavy atom. The van der Waals surface area contributed by atoms with Crippen LogP contribution in [0.1, 0.15) is 22.4 Å². The van der Waals surface area contributed by atoms with E-state index < -0.39 is 0 Å². The van der Waals surface area contributed by atoms with E-state index in [1.807, 2.05) is 38.1 Å². The Morgan fingerprint density at radius 3 is 3.00 bits per heavy atom. The number of anilines is 1. The van der Waals surface area contributed by atoms with Gasteiger partial charge in [-0.15, -0.1) is 0 Å². The van der Waals surface area contributed by atoms with E-state index in [9.17, 15) is 5.26 Å². The molecule has 1 unspecified atom stereocenters. The Hall–Kier alpha value is -2.54. The molecule has 3 rings (SSSR count). The highest BCUT2D eigenvalue weighted by Gasteiger charge is 2.20. The maximum absolute atomic E-state index is 9.30. The minimum absolute atomic E-state index is 0.379. The fraction of sp³-hybridized carbons (Fsp3) is 0.333. The van der Waals surface area contributed by atoms with Gasteiger partial charge in [-0.2, -0.15) is 5.26 Å². The number of nitriles is 1. The molecule has 1 N–H and O–H groups in total. The third kappa shape index (κ3) is 2.89. The predicted molar refractivity (Wildman–Crippen MR) is 86.0 cm³/mol. The molecule has 1 aliphatic heterocycles. The first kappa shape index (κ1) is 14.4. The van der Waals surface area contributed by atoms with E-state index in [2.05, 4.69) is 22.4 Å². The molecule has 1 aliphatic rings. The summed E-state index contributed by atoms with van der Waals surface area (Å²) in [6.45, 7) is 5.33. The number of hydrogen-bond acceptors (Lipinski definition) is 4. The predicted octanol–water partition coefficient (Wildman–Crippen LogP) is 3.23. The lowest BCUT2D eigenvalue weighted by atomic mass is 9.96. The average Bonchev–Trinajstić information content (AvgIpc) is 2.52. The van der Waals surface area contributed by atoms with Crippen LogP contribution in [0.2, 0.25) is 0 Å². The second-order valence-corrected chi connectivity index (χ2v) is 5.79. The Kier molecular flexibility index (Phi) is 3.97. The highest BCUT2D eigenvalue weighted by atomic mass is 16.5. The summed E-state index contributed by atoms with van der Waals surface area (Å²) in [7, 11) is 0. The molecule has 1 aromatic carbocycles. The molecule has 1 atom stereocenters. The first-order valence-corrected chi connectivity index (χ1v) is 7.50. The highest BCUT2D eigenvalue weighted by Crippen LogP contribution is 2.27. The van der Waals surface area contributed by atoms with Gasteiger partial charge in [-0.25, -0.2) is 4.98 Å². The highest BCUT2D eigenvalue weighted by molar-refractivity contribution is 5.56. The maximum atomic E-state index is 9.30. The molecule has 2 aromatic rings. The fourth-order valence-electron chi connectivity index (χ4n) is 2.87. The van der Waals surface area contributed by atoms with Gasteiger partial charge < -0.3 is 10.1 Å². The van der Waals surface area contributed by atoms with Crippen LogP contribution in [0.15, 0.2) is 30.3 Å². The molecule has 22 heavy (non-hydrogen) atoms. The Balaban J connectivity index is 1.71. The summed E-state index contributed by atoms with van der Waals surface area (Å²) in [4.78, 5) is 4.46. The molecule has 112 valence electrons. The number of nitrogens with one attached hydrogen (secondary N) is 1. The number of hydrogen-bond donors (Lipinski definition) is 1. The normalized spacial score (nSPS) is 16.3. The largest absolute Gasteiger partial charge is 0.493 e. The Labute approximate surface area is 130 Å². The lowest BCUT2D eigenvalue weighted by molar-refractivity contribution is 0.229. The Bertz CT molecular complexity index is 734. The van der Waals surface area contributed by atoms with Gasteiger partial charge in [-0.05, 0) is 43.5 Å². The van der Waals surface area contributed by atoms with Gasteiger partial charge in [0.05, 0.1) is 12.2 Å². The SMILES string of the molecule is Cc1cc(C)c(C#N)c(NCC2COc3ccccc3C2)n1. The van der Waals surface area contributed by atoms with Gasteiger partial charge in [0.15, 0.2) is 0 Å². The van der Waals surface area contributed by atoms with E-state index in [1.54, 1.807) is 0 Å². The summed E-state index contributed by atoms with van der Waals surface area (Å²) in [5.74, 6) is 2.05. The maximum Gasteiger partial charge on any atom is 0.144 e. The number of nitrogens with zero attached hydrogens (tertiary/aromatic N) is 2. The molecule has 0 spiro atoms. The third-order valence-electron chi connectivity index (χ3n) is 3.97. The van der Waals surface area contributed by atoms with Crippen molar-refractivity contribution in [1.29, 1.82) is 5.26 Å². The molecule has 0 aliphatic carbocycles. The quantitative estimate of drug-likeness (QED) is 0.944. The van der Waals surface area contributed by atoms with Crippen molar-refractivity contribution in [3.05, 3.63) is 52.7 Å². The van der Waals surface area contributed by atoms with Crippen LogP contribution in [0, 0.1) is 31.1 Å². The van der Waals surface area contributed by atoms with E-state index in [0.29, 0.717) is 23.9 Å². The van der Waals surface area contributed by atoms with Crippen LogP contribution in [0.25, 0.3) is 0 Å². The van der Waals surface area contributed by atoms with E-state index in [4.69, 9.17) is 4.74 Å². The Morgan fingerprint density at radius 2 is 2.18 bits per heavy atom. The third-order valence-corrected chi connectivity index (χ3v) is 3.97. The summed E-state index contributed by atoms with van der Waals surface area (Å²) in [5.41, 5.74) is 3.75. The number of pyridine rings is 1. The number of benzene rings is 1. The summed E-state index contributed by atoms with van der Waals surface area (Å²) >= 11 is 0. The molecule has 0 radical (unpaired) electrons. The van der Waals surface area contributed by atoms with Crippen LogP contribution in [0.3, 0.4) is 0 Å². The summed E-state index contributed by atoms with van der Waals surface area (Å²) < 4.78 is 5.80. The van der Waals surface area contributed by atoms with Crippen LogP contribution in [-0.4, -0.2) is 18.1 Å². The van der Waals surface area contributed by atoms with Crippen LogP contribution in [0.4, 0.5) is 5.82 Å². The van der Waals surface area contributed by atoms with Crippen molar-refractivity contribution in [1.82, 2.24) is 4.98 Å². The zero-order valence-corrected chi connectivity index (χ0v) is 12.9. The first-order chi connectivity index (χ1) is 10.7. The van der Waals surface area contributed by atoms with Gasteiger partial charge in [-0.1, -0.05) is 18.2 Å². The average molecular weight is 293 g/mol. The number of para-hydroxylation sites is 1. The topological polar surface area (TPSA) is 57.9 Å². The number of aryl methyl sites for hydroxylation is 2. The van der Waals surface area contributed by atoms with Gasteiger partial charge in [0.25, 0.3) is 0 Å². The van der Waals surface area contributed by atoms with Crippen molar-refractivity contribution in [2.24, 2.45) is 5.92 Å². The number of ether oxygens (including phenoxy) is 1. The van der Waals surface area contributed by atoms with Crippen molar-refractivity contribution < 1.29 is 4.74 Å². The molecule has 1 aromatic heterocycles. The second-order valence-electron chi connectivity index (χ2n) is 5.79. The number of aromatic nitrogens is 1. The summed E-state index contributed by atoms with van der Waals surface area (Å²) in [6, 6.07) is 12.3. The minimum Gasteiger partial charge on any atom is -0.493 e. The van der Waals surface area contributed by atoms with Gasteiger partial charge in [-0.3, -0.25) is 0 Å². The molecule has 0 saturated heterocycles. The zero-order valence-electron chi connectivity index (χ0n) is 12.9. The molecule has 2 heterocycles. The lowest BCUT2D eigenvalue weighted by Crippen LogP contribution is -2.27. The molecule has 0 saturated carbocycles. The van der Waals surface area contributed by atoms with E-state index in [0.717, 1.165) is 30.0 Å². The summed E-state index contributed by atoms with van der Waals surface area (Å²) in [5, 5.41) is 12.6. The molecular weight excluding hydrogens is 274 g/mol. The van der Waals surface area contributed by atoms with Gasteiger partial charge in [0, 0.05) is 18.2 Å². The van der Waals surface area contributed by atoms with Gasteiger partial charge in [0.1, 0.15) is 17.6 Å². The first-order valence-electron chi connectivity index (χ1n) is 7.50. The molecule has 0 bridgehead atoms. The second kappa shape index (κ2) is 6.07. The van der Waals surface area contributed by atoms with E-state index >= 15 is 0 Å². The van der Waals surface area contributed by atoms with Crippen molar-refractivity contribution in [2.45, 2.75) is 20.3 Å². The number of fused-ring (bicyclic) bond motifs is 1. The minimum atomic E-state index is 0.379. The van der Waals surface area contributed by atoms with Crippen LogP contribution in [-0.2, 0) is 6.42 Å². The molecule has 4 heteroatoms. The standard InChI is InChI=1S/C18H19N3O/c1-12-7-13(2)21-18(16(12)9-19)20-10-14-8-15-5-3-4-6-17(15)22-11-14/h3-7,14H,8,10-11H2,1-2H3,(H,20,21). The zero-order chi connectivity index (χ0) is 15.5. The molecule has 0 amide bonds. The van der Waals surface area contributed by atoms with Gasteiger partial charge >= 0.3 is 0 Å². The monoisotopic (exact) mass is 293 g/mol.